The SMILES string of the molecule is Cc1nn(Cc2ccccc2Cl)c(C)c1NC(=O)c1ccnn1C(F)F. The average Bonchev–Trinajstić information content (AvgIpc) is 3.18. The minimum atomic E-state index is -2.89. The summed E-state index contributed by atoms with van der Waals surface area (Å²) in [6.45, 7) is 1.06. The van der Waals surface area contributed by atoms with Gasteiger partial charge in [-0.2, -0.15) is 23.7 Å². The smallest absolute Gasteiger partial charge is 0.317 e. The average molecular weight is 380 g/mol. The molecule has 0 saturated carbocycles. The van der Waals surface area contributed by atoms with Crippen molar-refractivity contribution in [2.24, 2.45) is 0 Å². The van der Waals surface area contributed by atoms with Crippen molar-refractivity contribution in [1.82, 2.24) is 19.6 Å². The first-order chi connectivity index (χ1) is 12.4. The van der Waals surface area contributed by atoms with Crippen molar-refractivity contribution in [2.75, 3.05) is 5.32 Å². The van der Waals surface area contributed by atoms with Gasteiger partial charge in [0.05, 0.1) is 23.6 Å². The molecule has 1 aromatic carbocycles. The lowest BCUT2D eigenvalue weighted by molar-refractivity contribution is 0.0520. The number of hydrogen-bond donors (Lipinski definition) is 1. The topological polar surface area (TPSA) is 64.7 Å². The van der Waals surface area contributed by atoms with Crippen molar-refractivity contribution in [1.29, 1.82) is 0 Å². The van der Waals surface area contributed by atoms with Crippen LogP contribution in [0.4, 0.5) is 14.5 Å². The minimum Gasteiger partial charge on any atom is -0.317 e. The molecule has 0 radical (unpaired) electrons. The van der Waals surface area contributed by atoms with Gasteiger partial charge in [0.1, 0.15) is 5.69 Å². The van der Waals surface area contributed by atoms with Crippen molar-refractivity contribution in [3.05, 3.63) is 64.2 Å². The molecule has 0 atom stereocenters. The molecule has 3 aromatic rings. The van der Waals surface area contributed by atoms with Crippen LogP contribution in [0.1, 0.15) is 34.0 Å². The minimum absolute atomic E-state index is 0.224. The molecule has 3 rings (SSSR count). The maximum Gasteiger partial charge on any atom is 0.333 e. The Morgan fingerprint density at radius 2 is 2.00 bits per heavy atom. The van der Waals surface area contributed by atoms with Gasteiger partial charge in [0.25, 0.3) is 5.91 Å². The van der Waals surface area contributed by atoms with E-state index in [1.165, 1.54) is 6.07 Å². The molecule has 0 spiro atoms. The number of aromatic nitrogens is 4. The highest BCUT2D eigenvalue weighted by Gasteiger charge is 2.21. The molecule has 0 aliphatic carbocycles. The molecule has 26 heavy (non-hydrogen) atoms. The van der Waals surface area contributed by atoms with Crippen molar-refractivity contribution in [3.63, 3.8) is 0 Å². The fourth-order valence-electron chi connectivity index (χ4n) is 2.65. The van der Waals surface area contributed by atoms with E-state index in [4.69, 9.17) is 11.6 Å². The van der Waals surface area contributed by atoms with E-state index in [0.29, 0.717) is 33.3 Å². The number of nitrogens with one attached hydrogen (secondary N) is 1. The number of halogens is 3. The lowest BCUT2D eigenvalue weighted by atomic mass is 10.2. The Balaban J connectivity index is 1.85. The fourth-order valence-corrected chi connectivity index (χ4v) is 2.84. The molecule has 136 valence electrons. The van der Waals surface area contributed by atoms with Gasteiger partial charge >= 0.3 is 6.55 Å². The van der Waals surface area contributed by atoms with E-state index in [1.54, 1.807) is 24.6 Å². The molecule has 0 saturated heterocycles. The van der Waals surface area contributed by atoms with Gasteiger partial charge in [-0.25, -0.2) is 0 Å². The second kappa shape index (κ2) is 7.25. The van der Waals surface area contributed by atoms with Crippen LogP contribution in [0.5, 0.6) is 0 Å². The number of carbonyl (C=O) groups excluding carboxylic acids is 1. The zero-order valence-electron chi connectivity index (χ0n) is 14.1. The molecule has 9 heteroatoms. The van der Waals surface area contributed by atoms with Gasteiger partial charge in [-0.1, -0.05) is 29.8 Å². The summed E-state index contributed by atoms with van der Waals surface area (Å²) in [5, 5.41) is 11.1. The van der Waals surface area contributed by atoms with Crippen LogP contribution in [0, 0.1) is 13.8 Å². The summed E-state index contributed by atoms with van der Waals surface area (Å²) in [4.78, 5) is 12.4. The van der Waals surface area contributed by atoms with Crippen LogP contribution < -0.4 is 5.32 Å². The number of benzene rings is 1. The van der Waals surface area contributed by atoms with Gasteiger partial charge in [0.15, 0.2) is 0 Å². The van der Waals surface area contributed by atoms with E-state index in [1.807, 2.05) is 18.2 Å². The Morgan fingerprint density at radius 1 is 1.27 bits per heavy atom. The summed E-state index contributed by atoms with van der Waals surface area (Å²) in [5.41, 5.74) is 2.40. The summed E-state index contributed by atoms with van der Waals surface area (Å²) in [5.74, 6) is -0.675. The van der Waals surface area contributed by atoms with Crippen molar-refractivity contribution in [2.45, 2.75) is 26.9 Å². The number of nitrogens with zero attached hydrogens (tertiary/aromatic N) is 4. The second-order valence-electron chi connectivity index (χ2n) is 5.69. The Hall–Kier alpha value is -2.74. The summed E-state index contributed by atoms with van der Waals surface area (Å²) in [6.07, 6.45) is 1.15. The van der Waals surface area contributed by atoms with E-state index in [-0.39, 0.29) is 5.69 Å². The van der Waals surface area contributed by atoms with E-state index < -0.39 is 12.5 Å². The highest BCUT2D eigenvalue weighted by molar-refractivity contribution is 6.31. The number of alkyl halides is 2. The second-order valence-corrected chi connectivity index (χ2v) is 6.09. The third-order valence-electron chi connectivity index (χ3n) is 3.99. The maximum atomic E-state index is 12.9. The highest BCUT2D eigenvalue weighted by Crippen LogP contribution is 2.24. The maximum absolute atomic E-state index is 12.9. The van der Waals surface area contributed by atoms with Gasteiger partial charge in [-0.15, -0.1) is 0 Å². The number of carbonyl (C=O) groups is 1. The van der Waals surface area contributed by atoms with E-state index >= 15 is 0 Å². The quantitative estimate of drug-likeness (QED) is 0.727. The van der Waals surface area contributed by atoms with Gasteiger partial charge < -0.3 is 5.32 Å². The zero-order valence-corrected chi connectivity index (χ0v) is 14.8. The van der Waals surface area contributed by atoms with Gasteiger partial charge in [-0.3, -0.25) is 9.48 Å². The molecule has 2 heterocycles. The van der Waals surface area contributed by atoms with Gasteiger partial charge in [-0.05, 0) is 31.5 Å². The Labute approximate surface area is 153 Å². The van der Waals surface area contributed by atoms with E-state index in [2.05, 4.69) is 15.5 Å². The van der Waals surface area contributed by atoms with Crippen LogP contribution in [-0.2, 0) is 6.54 Å². The first-order valence-corrected chi connectivity index (χ1v) is 8.16. The Morgan fingerprint density at radius 3 is 2.69 bits per heavy atom. The predicted octanol–water partition coefficient (Wildman–Crippen LogP) is 4.05. The lowest BCUT2D eigenvalue weighted by Gasteiger charge is -2.09. The van der Waals surface area contributed by atoms with Gasteiger partial charge in [0.2, 0.25) is 0 Å². The summed E-state index contributed by atoms with van der Waals surface area (Å²) in [7, 11) is 0. The molecular weight excluding hydrogens is 364 g/mol. The molecule has 0 aliphatic heterocycles. The monoisotopic (exact) mass is 379 g/mol. The van der Waals surface area contributed by atoms with Crippen LogP contribution >= 0.6 is 11.6 Å². The number of anilines is 1. The van der Waals surface area contributed by atoms with Crippen LogP contribution in [-0.4, -0.2) is 25.5 Å². The van der Waals surface area contributed by atoms with E-state index in [9.17, 15) is 13.6 Å². The summed E-state index contributed by atoms with van der Waals surface area (Å²) >= 11 is 6.18. The molecule has 2 aromatic heterocycles. The first kappa shape index (κ1) is 18.1. The van der Waals surface area contributed by atoms with Crippen molar-refractivity contribution in [3.8, 4) is 0 Å². The molecule has 1 amide bonds. The van der Waals surface area contributed by atoms with Crippen LogP contribution in [0.3, 0.4) is 0 Å². The van der Waals surface area contributed by atoms with Crippen LogP contribution in [0.2, 0.25) is 5.02 Å². The summed E-state index contributed by atoms with van der Waals surface area (Å²) in [6, 6.07) is 8.63. The molecule has 0 unspecified atom stereocenters. The highest BCUT2D eigenvalue weighted by atomic mass is 35.5. The molecule has 6 nitrogen and oxygen atoms in total. The van der Waals surface area contributed by atoms with E-state index in [0.717, 1.165) is 11.8 Å². The predicted molar refractivity (Wildman–Crippen MR) is 93.7 cm³/mol. The Kier molecular flexibility index (Phi) is 5.03. The largest absolute Gasteiger partial charge is 0.333 e. The van der Waals surface area contributed by atoms with Crippen molar-refractivity contribution >= 4 is 23.2 Å². The molecular formula is C17H16ClF2N5O. The van der Waals surface area contributed by atoms with Gasteiger partial charge in [0, 0.05) is 11.2 Å². The number of rotatable bonds is 5. The number of aryl methyl sites for hydroxylation is 1. The first-order valence-electron chi connectivity index (χ1n) is 7.79. The molecule has 0 fully saturated rings. The molecule has 0 aliphatic rings. The van der Waals surface area contributed by atoms with Crippen LogP contribution in [0.15, 0.2) is 36.5 Å². The third kappa shape index (κ3) is 3.45. The Bertz CT molecular complexity index is 951. The number of hydrogen-bond acceptors (Lipinski definition) is 3. The standard InChI is InChI=1S/C17H16ClF2N5O/c1-10-15(22-16(26)14-7-8-21-25(14)17(19)20)11(2)24(23-10)9-12-5-3-4-6-13(12)18/h3-8,17H,9H2,1-2H3,(H,22,26). The van der Waals surface area contributed by atoms with Crippen molar-refractivity contribution < 1.29 is 13.6 Å². The number of amides is 1. The van der Waals surface area contributed by atoms with Crippen LogP contribution in [0.25, 0.3) is 0 Å². The lowest BCUT2D eigenvalue weighted by Crippen LogP contribution is -2.19. The zero-order chi connectivity index (χ0) is 18.8. The fraction of sp³-hybridized carbons (Fsp3) is 0.235. The molecule has 1 N–H and O–H groups in total. The normalized spacial score (nSPS) is 11.2. The molecule has 0 bridgehead atoms. The summed E-state index contributed by atoms with van der Waals surface area (Å²) < 4.78 is 27.9. The third-order valence-corrected chi connectivity index (χ3v) is 4.35.